The summed E-state index contributed by atoms with van der Waals surface area (Å²) in [6.07, 6.45) is 0.799. The van der Waals surface area contributed by atoms with Crippen LogP contribution in [0.5, 0.6) is 11.5 Å². The number of carbonyl (C=O) groups is 3. The summed E-state index contributed by atoms with van der Waals surface area (Å²) in [5.41, 5.74) is 0.453. The van der Waals surface area contributed by atoms with E-state index in [-0.39, 0.29) is 12.5 Å². The Morgan fingerprint density at radius 2 is 2.00 bits per heavy atom. The molecule has 0 bridgehead atoms. The Hall–Kier alpha value is -3.07. The number of benzene rings is 1. The van der Waals surface area contributed by atoms with Crippen LogP contribution in [0.2, 0.25) is 0 Å². The van der Waals surface area contributed by atoms with Crippen molar-refractivity contribution in [3.63, 3.8) is 0 Å². The van der Waals surface area contributed by atoms with Crippen LogP contribution in [0.25, 0.3) is 0 Å². The summed E-state index contributed by atoms with van der Waals surface area (Å²) in [7, 11) is 0. The molecular weight excluding hydrogens is 406 g/mol. The summed E-state index contributed by atoms with van der Waals surface area (Å²) < 4.78 is 11.1. The fraction of sp³-hybridized carbons (Fsp3) is 0.381. The van der Waals surface area contributed by atoms with Gasteiger partial charge in [0, 0.05) is 18.0 Å². The third-order valence-corrected chi connectivity index (χ3v) is 6.87. The van der Waals surface area contributed by atoms with E-state index < -0.39 is 17.5 Å². The highest BCUT2D eigenvalue weighted by molar-refractivity contribution is 7.10. The van der Waals surface area contributed by atoms with Crippen molar-refractivity contribution in [2.75, 3.05) is 26.3 Å². The lowest BCUT2D eigenvalue weighted by Gasteiger charge is -2.28. The number of urea groups is 1. The molecule has 156 valence electrons. The molecule has 0 spiro atoms. The SMILES string of the molecule is CC1(c2ccc3c(c2)OCCO3)NC(=O)N(CC(=O)N2CCc3sccc3C2)C1=O. The molecule has 9 heteroatoms. The number of hydrogen-bond donors (Lipinski definition) is 1. The zero-order valence-corrected chi connectivity index (χ0v) is 17.3. The third kappa shape index (κ3) is 3.00. The predicted molar refractivity (Wildman–Crippen MR) is 108 cm³/mol. The van der Waals surface area contributed by atoms with Gasteiger partial charge in [0.1, 0.15) is 25.3 Å². The van der Waals surface area contributed by atoms with Crippen molar-refractivity contribution in [2.24, 2.45) is 0 Å². The van der Waals surface area contributed by atoms with Crippen LogP contribution in [0.3, 0.4) is 0 Å². The largest absolute Gasteiger partial charge is 0.486 e. The molecule has 1 aromatic carbocycles. The van der Waals surface area contributed by atoms with Crippen LogP contribution in [-0.4, -0.2) is 53.9 Å². The zero-order chi connectivity index (χ0) is 20.9. The number of fused-ring (bicyclic) bond motifs is 2. The van der Waals surface area contributed by atoms with E-state index in [2.05, 4.69) is 5.32 Å². The second kappa shape index (κ2) is 7.02. The minimum Gasteiger partial charge on any atom is -0.486 e. The molecule has 4 amide bonds. The zero-order valence-electron chi connectivity index (χ0n) is 16.5. The summed E-state index contributed by atoms with van der Waals surface area (Å²) in [6.45, 7) is 3.37. The fourth-order valence-electron chi connectivity index (χ4n) is 4.09. The van der Waals surface area contributed by atoms with Crippen LogP contribution in [0.1, 0.15) is 22.9 Å². The average molecular weight is 427 g/mol. The Balaban J connectivity index is 1.33. The molecule has 0 saturated carbocycles. The maximum atomic E-state index is 13.2. The molecule has 8 nitrogen and oxygen atoms in total. The molecule has 1 saturated heterocycles. The predicted octanol–water partition coefficient (Wildman–Crippen LogP) is 1.87. The quantitative estimate of drug-likeness (QED) is 0.756. The number of amides is 4. The molecule has 3 aliphatic heterocycles. The van der Waals surface area contributed by atoms with E-state index >= 15 is 0 Å². The van der Waals surface area contributed by atoms with Gasteiger partial charge < -0.3 is 19.7 Å². The van der Waals surface area contributed by atoms with E-state index in [1.54, 1.807) is 41.4 Å². The number of imide groups is 1. The highest BCUT2D eigenvalue weighted by Crippen LogP contribution is 2.37. The first-order chi connectivity index (χ1) is 14.5. The molecule has 1 atom stereocenters. The number of thiophene rings is 1. The van der Waals surface area contributed by atoms with E-state index in [4.69, 9.17) is 9.47 Å². The minimum atomic E-state index is -1.27. The van der Waals surface area contributed by atoms with E-state index in [1.165, 1.54) is 4.88 Å². The van der Waals surface area contributed by atoms with Crippen LogP contribution in [0.4, 0.5) is 4.79 Å². The van der Waals surface area contributed by atoms with Crippen LogP contribution in [0.15, 0.2) is 29.6 Å². The monoisotopic (exact) mass is 427 g/mol. The highest BCUT2D eigenvalue weighted by atomic mass is 32.1. The van der Waals surface area contributed by atoms with Crippen molar-refractivity contribution >= 4 is 29.2 Å². The summed E-state index contributed by atoms with van der Waals surface area (Å²) in [4.78, 5) is 42.6. The van der Waals surface area contributed by atoms with Gasteiger partial charge in [0.2, 0.25) is 5.91 Å². The van der Waals surface area contributed by atoms with Gasteiger partial charge in [-0.05, 0) is 48.1 Å². The van der Waals surface area contributed by atoms with Gasteiger partial charge in [-0.25, -0.2) is 4.79 Å². The summed E-state index contributed by atoms with van der Waals surface area (Å²) >= 11 is 1.69. The van der Waals surface area contributed by atoms with Crippen molar-refractivity contribution in [1.29, 1.82) is 0 Å². The minimum absolute atomic E-state index is 0.234. The molecule has 3 aliphatic rings. The molecular formula is C21H21N3O5S. The first-order valence-electron chi connectivity index (χ1n) is 9.83. The molecule has 4 heterocycles. The molecule has 1 aromatic heterocycles. The normalized spacial score (nSPS) is 22.7. The lowest BCUT2D eigenvalue weighted by molar-refractivity contribution is -0.139. The summed E-state index contributed by atoms with van der Waals surface area (Å²) in [5, 5.41) is 4.77. The number of ether oxygens (including phenoxy) is 2. The number of carbonyl (C=O) groups excluding carboxylic acids is 3. The lowest BCUT2D eigenvalue weighted by atomic mass is 9.91. The molecule has 0 aliphatic carbocycles. The molecule has 1 fully saturated rings. The number of hydrogen-bond acceptors (Lipinski definition) is 6. The smallest absolute Gasteiger partial charge is 0.325 e. The van der Waals surface area contributed by atoms with E-state index in [0.717, 1.165) is 16.9 Å². The fourth-order valence-corrected chi connectivity index (χ4v) is 4.98. The van der Waals surface area contributed by atoms with Gasteiger partial charge >= 0.3 is 6.03 Å². The third-order valence-electron chi connectivity index (χ3n) is 5.85. The Kier molecular flexibility index (Phi) is 4.43. The number of rotatable bonds is 3. The van der Waals surface area contributed by atoms with Crippen molar-refractivity contribution in [3.05, 3.63) is 45.6 Å². The first kappa shape index (κ1) is 18.9. The van der Waals surface area contributed by atoms with E-state index in [9.17, 15) is 14.4 Å². The molecule has 30 heavy (non-hydrogen) atoms. The lowest BCUT2D eigenvalue weighted by Crippen LogP contribution is -2.45. The second-order valence-corrected chi connectivity index (χ2v) is 8.74. The van der Waals surface area contributed by atoms with E-state index in [1.807, 2.05) is 11.4 Å². The van der Waals surface area contributed by atoms with Gasteiger partial charge in [-0.2, -0.15) is 0 Å². The topological polar surface area (TPSA) is 88.2 Å². The van der Waals surface area contributed by atoms with Gasteiger partial charge in [0.15, 0.2) is 11.5 Å². The van der Waals surface area contributed by atoms with Crippen LogP contribution in [-0.2, 0) is 28.1 Å². The Bertz CT molecular complexity index is 1050. The Morgan fingerprint density at radius 1 is 1.20 bits per heavy atom. The van der Waals surface area contributed by atoms with Crippen molar-refractivity contribution in [3.8, 4) is 11.5 Å². The van der Waals surface area contributed by atoms with Crippen LogP contribution < -0.4 is 14.8 Å². The first-order valence-corrected chi connectivity index (χ1v) is 10.7. The van der Waals surface area contributed by atoms with Crippen LogP contribution in [0, 0.1) is 0 Å². The van der Waals surface area contributed by atoms with Gasteiger partial charge in [0.25, 0.3) is 5.91 Å². The van der Waals surface area contributed by atoms with Gasteiger partial charge in [-0.1, -0.05) is 6.07 Å². The van der Waals surface area contributed by atoms with Gasteiger partial charge in [-0.3, -0.25) is 14.5 Å². The number of nitrogens with one attached hydrogen (secondary N) is 1. The van der Waals surface area contributed by atoms with Gasteiger partial charge in [0.05, 0.1) is 0 Å². The van der Waals surface area contributed by atoms with Crippen LogP contribution >= 0.6 is 11.3 Å². The van der Waals surface area contributed by atoms with E-state index in [0.29, 0.717) is 43.4 Å². The molecule has 2 aromatic rings. The standard InChI is InChI=1S/C21H21N3O5S/c1-21(14-2-3-15-16(10-14)29-8-7-28-15)19(26)24(20(27)22-21)12-18(25)23-6-4-17-13(11-23)5-9-30-17/h2-3,5,9-10H,4,6-8,11-12H2,1H3,(H,22,27). The summed E-state index contributed by atoms with van der Waals surface area (Å²) in [6, 6.07) is 6.63. The molecule has 0 radical (unpaired) electrons. The highest BCUT2D eigenvalue weighted by Gasteiger charge is 2.50. The second-order valence-electron chi connectivity index (χ2n) is 7.74. The Labute approximate surface area is 177 Å². The number of nitrogens with zero attached hydrogens (tertiary/aromatic N) is 2. The summed E-state index contributed by atoms with van der Waals surface area (Å²) in [5.74, 6) is 0.458. The van der Waals surface area contributed by atoms with Crippen molar-refractivity contribution < 1.29 is 23.9 Å². The Morgan fingerprint density at radius 3 is 2.83 bits per heavy atom. The van der Waals surface area contributed by atoms with Gasteiger partial charge in [-0.15, -0.1) is 11.3 Å². The van der Waals surface area contributed by atoms with Crippen molar-refractivity contribution in [2.45, 2.75) is 25.4 Å². The van der Waals surface area contributed by atoms with Crippen molar-refractivity contribution in [1.82, 2.24) is 15.1 Å². The molecule has 1 N–H and O–H groups in total. The molecule has 1 unspecified atom stereocenters. The molecule has 5 rings (SSSR count). The maximum absolute atomic E-state index is 13.2. The average Bonchev–Trinajstić information content (AvgIpc) is 3.31. The maximum Gasteiger partial charge on any atom is 0.325 e.